The Bertz CT molecular complexity index is 951. The summed E-state index contributed by atoms with van der Waals surface area (Å²) in [6, 6.07) is 23.1. The Morgan fingerprint density at radius 2 is 1.69 bits per heavy atom. The molecular weight excluding hydrogens is 391 g/mol. The summed E-state index contributed by atoms with van der Waals surface area (Å²) in [5, 5.41) is 6.32. The average Bonchev–Trinajstić information content (AvgIpc) is 3.21. The summed E-state index contributed by atoms with van der Waals surface area (Å²) in [5.74, 6) is 0.802. The highest BCUT2D eigenvalue weighted by Gasteiger charge is 2.33. The van der Waals surface area contributed by atoms with Crippen LogP contribution in [0, 0.1) is 11.7 Å². The van der Waals surface area contributed by atoms with Gasteiger partial charge in [0.05, 0.1) is 5.92 Å². The van der Waals surface area contributed by atoms with Crippen molar-refractivity contribution in [2.75, 3.05) is 18.4 Å². The molecule has 150 valence electrons. The standard InChI is InChI=1S/C23H21FN2O2.ClH/c24-17-9-11-19(12-10-17)28-20-8-4-7-18(13-20)26-23(27)22-15-25-14-21(22)16-5-2-1-3-6-16;/h1-13,21-22,25H,14-15H2,(H,26,27);1H. The summed E-state index contributed by atoms with van der Waals surface area (Å²) in [5.41, 5.74) is 1.84. The van der Waals surface area contributed by atoms with E-state index >= 15 is 0 Å². The summed E-state index contributed by atoms with van der Waals surface area (Å²) < 4.78 is 18.8. The van der Waals surface area contributed by atoms with Gasteiger partial charge in [-0.05, 0) is 42.0 Å². The first-order chi connectivity index (χ1) is 13.7. The molecule has 29 heavy (non-hydrogen) atoms. The Hall–Kier alpha value is -2.89. The number of rotatable bonds is 5. The monoisotopic (exact) mass is 412 g/mol. The second-order valence-electron chi connectivity index (χ2n) is 6.85. The Morgan fingerprint density at radius 1 is 0.931 bits per heavy atom. The predicted molar refractivity (Wildman–Crippen MR) is 114 cm³/mol. The van der Waals surface area contributed by atoms with E-state index in [1.54, 1.807) is 24.3 Å². The zero-order chi connectivity index (χ0) is 19.3. The zero-order valence-electron chi connectivity index (χ0n) is 15.7. The molecule has 0 saturated carbocycles. The van der Waals surface area contributed by atoms with Crippen LogP contribution in [-0.2, 0) is 4.79 Å². The van der Waals surface area contributed by atoms with E-state index in [9.17, 15) is 9.18 Å². The number of anilines is 1. The topological polar surface area (TPSA) is 50.4 Å². The quantitative estimate of drug-likeness (QED) is 0.621. The van der Waals surface area contributed by atoms with Crippen LogP contribution in [0.15, 0.2) is 78.9 Å². The molecule has 0 aromatic heterocycles. The van der Waals surface area contributed by atoms with Crippen molar-refractivity contribution >= 4 is 24.0 Å². The molecule has 1 fully saturated rings. The van der Waals surface area contributed by atoms with E-state index in [0.29, 0.717) is 23.7 Å². The van der Waals surface area contributed by atoms with Gasteiger partial charge in [0.25, 0.3) is 0 Å². The number of amides is 1. The van der Waals surface area contributed by atoms with Gasteiger partial charge in [-0.15, -0.1) is 12.4 Å². The SMILES string of the molecule is Cl.O=C(Nc1cccc(Oc2ccc(F)cc2)c1)C1CNCC1c1ccccc1. The Kier molecular flexibility index (Phi) is 6.86. The third-order valence-corrected chi connectivity index (χ3v) is 4.93. The fourth-order valence-electron chi connectivity index (χ4n) is 3.52. The van der Waals surface area contributed by atoms with Crippen LogP contribution in [0.25, 0.3) is 0 Å². The zero-order valence-corrected chi connectivity index (χ0v) is 16.5. The van der Waals surface area contributed by atoms with Gasteiger partial charge in [-0.2, -0.15) is 0 Å². The number of hydrogen-bond acceptors (Lipinski definition) is 3. The second kappa shape index (κ2) is 9.54. The number of carbonyl (C=O) groups is 1. The van der Waals surface area contributed by atoms with Crippen molar-refractivity contribution in [3.63, 3.8) is 0 Å². The third kappa shape index (κ3) is 5.13. The van der Waals surface area contributed by atoms with Crippen LogP contribution in [0.4, 0.5) is 10.1 Å². The first kappa shape index (κ1) is 20.8. The minimum absolute atomic E-state index is 0. The van der Waals surface area contributed by atoms with Crippen molar-refractivity contribution < 1.29 is 13.9 Å². The van der Waals surface area contributed by atoms with Crippen LogP contribution in [0.3, 0.4) is 0 Å². The van der Waals surface area contributed by atoms with Crippen molar-refractivity contribution in [3.8, 4) is 11.5 Å². The summed E-state index contributed by atoms with van der Waals surface area (Å²) in [6.07, 6.45) is 0. The van der Waals surface area contributed by atoms with Gasteiger partial charge >= 0.3 is 0 Å². The molecule has 6 heteroatoms. The molecule has 1 amide bonds. The first-order valence-electron chi connectivity index (χ1n) is 9.29. The fraction of sp³-hybridized carbons (Fsp3) is 0.174. The molecule has 4 rings (SSSR count). The summed E-state index contributed by atoms with van der Waals surface area (Å²) in [7, 11) is 0. The van der Waals surface area contributed by atoms with E-state index < -0.39 is 0 Å². The van der Waals surface area contributed by atoms with E-state index in [-0.39, 0.29) is 36.0 Å². The molecular formula is C23H22ClFN2O2. The molecule has 4 nitrogen and oxygen atoms in total. The van der Waals surface area contributed by atoms with E-state index in [1.807, 2.05) is 30.3 Å². The smallest absolute Gasteiger partial charge is 0.229 e. The van der Waals surface area contributed by atoms with E-state index in [4.69, 9.17) is 4.74 Å². The van der Waals surface area contributed by atoms with Gasteiger partial charge in [-0.25, -0.2) is 4.39 Å². The molecule has 2 atom stereocenters. The van der Waals surface area contributed by atoms with Crippen molar-refractivity contribution in [1.29, 1.82) is 0 Å². The summed E-state index contributed by atoms with van der Waals surface area (Å²) in [4.78, 5) is 12.9. The summed E-state index contributed by atoms with van der Waals surface area (Å²) in [6.45, 7) is 1.44. The largest absolute Gasteiger partial charge is 0.457 e. The lowest BCUT2D eigenvalue weighted by Gasteiger charge is -2.19. The Morgan fingerprint density at radius 3 is 2.45 bits per heavy atom. The van der Waals surface area contributed by atoms with E-state index in [2.05, 4.69) is 22.8 Å². The van der Waals surface area contributed by atoms with Gasteiger partial charge < -0.3 is 15.4 Å². The summed E-state index contributed by atoms with van der Waals surface area (Å²) >= 11 is 0. The molecule has 2 unspecified atom stereocenters. The number of benzene rings is 3. The Balaban J connectivity index is 0.00000240. The van der Waals surface area contributed by atoms with Crippen LogP contribution >= 0.6 is 12.4 Å². The van der Waals surface area contributed by atoms with E-state index in [1.165, 1.54) is 17.7 Å². The fourth-order valence-corrected chi connectivity index (χ4v) is 3.52. The molecule has 1 saturated heterocycles. The molecule has 1 heterocycles. The molecule has 1 aliphatic rings. The molecule has 2 N–H and O–H groups in total. The molecule has 0 aliphatic carbocycles. The molecule has 3 aromatic rings. The average molecular weight is 413 g/mol. The van der Waals surface area contributed by atoms with Crippen molar-refractivity contribution in [2.24, 2.45) is 5.92 Å². The van der Waals surface area contributed by atoms with Crippen LogP contribution in [-0.4, -0.2) is 19.0 Å². The van der Waals surface area contributed by atoms with Gasteiger partial charge in [0.1, 0.15) is 17.3 Å². The lowest BCUT2D eigenvalue weighted by Crippen LogP contribution is -2.28. The van der Waals surface area contributed by atoms with Crippen LogP contribution < -0.4 is 15.4 Å². The molecule has 0 bridgehead atoms. The number of nitrogens with one attached hydrogen (secondary N) is 2. The maximum absolute atomic E-state index is 13.0. The highest BCUT2D eigenvalue weighted by Crippen LogP contribution is 2.30. The number of halogens is 2. The molecule has 3 aromatic carbocycles. The van der Waals surface area contributed by atoms with Gasteiger partial charge in [0.2, 0.25) is 5.91 Å². The maximum atomic E-state index is 13.0. The van der Waals surface area contributed by atoms with Gasteiger partial charge in [-0.1, -0.05) is 36.4 Å². The maximum Gasteiger partial charge on any atom is 0.229 e. The lowest BCUT2D eigenvalue weighted by atomic mass is 9.88. The van der Waals surface area contributed by atoms with Crippen molar-refractivity contribution in [3.05, 3.63) is 90.2 Å². The number of carbonyl (C=O) groups excluding carboxylic acids is 1. The minimum Gasteiger partial charge on any atom is -0.457 e. The number of ether oxygens (including phenoxy) is 1. The van der Waals surface area contributed by atoms with Crippen molar-refractivity contribution in [2.45, 2.75) is 5.92 Å². The van der Waals surface area contributed by atoms with Crippen LogP contribution in [0.5, 0.6) is 11.5 Å². The van der Waals surface area contributed by atoms with Crippen LogP contribution in [0.1, 0.15) is 11.5 Å². The molecule has 0 radical (unpaired) electrons. The molecule has 0 spiro atoms. The highest BCUT2D eigenvalue weighted by molar-refractivity contribution is 5.93. The van der Waals surface area contributed by atoms with Crippen molar-refractivity contribution in [1.82, 2.24) is 5.32 Å². The van der Waals surface area contributed by atoms with E-state index in [0.717, 1.165) is 6.54 Å². The highest BCUT2D eigenvalue weighted by atomic mass is 35.5. The second-order valence-corrected chi connectivity index (χ2v) is 6.85. The van der Waals surface area contributed by atoms with Gasteiger partial charge in [0.15, 0.2) is 0 Å². The van der Waals surface area contributed by atoms with Crippen LogP contribution in [0.2, 0.25) is 0 Å². The minimum atomic E-state index is -0.313. The third-order valence-electron chi connectivity index (χ3n) is 4.93. The van der Waals surface area contributed by atoms with Gasteiger partial charge in [-0.3, -0.25) is 4.79 Å². The van der Waals surface area contributed by atoms with Gasteiger partial charge in [0, 0.05) is 30.8 Å². The molecule has 1 aliphatic heterocycles. The lowest BCUT2D eigenvalue weighted by molar-refractivity contribution is -0.119. The predicted octanol–water partition coefficient (Wildman–Crippen LogP) is 4.98. The number of hydrogen-bond donors (Lipinski definition) is 2. The first-order valence-corrected chi connectivity index (χ1v) is 9.29. The normalized spacial score (nSPS) is 18.0. The Labute approximate surface area is 175 Å².